The van der Waals surface area contributed by atoms with E-state index in [4.69, 9.17) is 0 Å². The molecule has 3 aromatic rings. The highest BCUT2D eigenvalue weighted by Gasteiger charge is 2.06. The maximum absolute atomic E-state index is 4.37. The second kappa shape index (κ2) is 7.31. The Morgan fingerprint density at radius 1 is 0.955 bits per heavy atom. The van der Waals surface area contributed by atoms with Crippen molar-refractivity contribution in [2.24, 2.45) is 0 Å². The van der Waals surface area contributed by atoms with Gasteiger partial charge in [0.2, 0.25) is 0 Å². The van der Waals surface area contributed by atoms with Crippen LogP contribution < -0.4 is 5.32 Å². The van der Waals surface area contributed by atoms with Gasteiger partial charge in [-0.2, -0.15) is 0 Å². The Kier molecular flexibility index (Phi) is 5.99. The first-order valence-electron chi connectivity index (χ1n) is 6.38. The smallest absolute Gasteiger partial charge is 0.141 e. The Labute approximate surface area is 137 Å². The predicted octanol–water partition coefficient (Wildman–Crippen LogP) is 3.10. The Hall–Kier alpha value is -2.02. The highest BCUT2D eigenvalue weighted by Crippen LogP contribution is 2.26. The normalized spacial score (nSPS) is 9.77. The second-order valence-electron chi connectivity index (χ2n) is 4.81. The molecule has 0 amide bonds. The number of anilines is 2. The van der Waals surface area contributed by atoms with Crippen molar-refractivity contribution in [2.75, 3.05) is 5.32 Å². The van der Waals surface area contributed by atoms with E-state index in [1.54, 1.807) is 6.33 Å². The molecular weight excluding hydrogens is 346 g/mol. The van der Waals surface area contributed by atoms with Crippen LogP contribution in [0, 0.1) is 13.8 Å². The maximum Gasteiger partial charge on any atom is 0.141 e. The third-order valence-electron chi connectivity index (χ3n) is 3.34. The van der Waals surface area contributed by atoms with E-state index in [0.29, 0.717) is 0 Å². The first kappa shape index (κ1) is 18.0. The van der Waals surface area contributed by atoms with Gasteiger partial charge >= 0.3 is 0 Å². The molecule has 0 aliphatic carbocycles. The van der Waals surface area contributed by atoms with Gasteiger partial charge in [0.15, 0.2) is 0 Å². The van der Waals surface area contributed by atoms with Gasteiger partial charge in [-0.1, -0.05) is 22.0 Å². The Balaban J connectivity index is 0.00000121. The lowest BCUT2D eigenvalue weighted by Gasteiger charge is -2.10. The molecule has 0 aliphatic heterocycles. The zero-order chi connectivity index (χ0) is 14.1. The number of fused-ring (bicyclic) bond motifs is 1. The Bertz CT molecular complexity index is 793. The van der Waals surface area contributed by atoms with Gasteiger partial charge < -0.3 is 16.3 Å². The number of nitrogens with zero attached hydrogens (tertiary/aromatic N) is 2. The summed E-state index contributed by atoms with van der Waals surface area (Å²) in [5, 5.41) is 4.39. The molecule has 0 bridgehead atoms. The summed E-state index contributed by atoms with van der Waals surface area (Å²) < 4.78 is 1.04. The highest BCUT2D eigenvalue weighted by atomic mass is 79.9. The summed E-state index contributed by atoms with van der Waals surface area (Å²) in [5.41, 5.74) is 4.44. The molecule has 5 nitrogen and oxygen atoms in total. The zero-order valence-electron chi connectivity index (χ0n) is 12.3. The van der Waals surface area contributed by atoms with Crippen LogP contribution >= 0.6 is 15.9 Å². The minimum Gasteiger partial charge on any atom is -0.412 e. The molecule has 1 aromatic heterocycles. The fourth-order valence-corrected chi connectivity index (χ4v) is 2.52. The van der Waals surface area contributed by atoms with E-state index in [1.165, 1.54) is 11.1 Å². The van der Waals surface area contributed by atoms with Gasteiger partial charge in [-0.15, -0.1) is 0 Å². The number of rotatable bonds is 2. The van der Waals surface area contributed by atoms with Crippen molar-refractivity contribution in [2.45, 2.75) is 13.8 Å². The van der Waals surface area contributed by atoms with E-state index in [9.17, 15) is 0 Å². The molecule has 116 valence electrons. The van der Waals surface area contributed by atoms with E-state index in [-0.39, 0.29) is 11.0 Å². The van der Waals surface area contributed by atoms with Crippen LogP contribution in [0.4, 0.5) is 11.5 Å². The van der Waals surface area contributed by atoms with Crippen molar-refractivity contribution < 1.29 is 11.0 Å². The number of aryl methyl sites for hydroxylation is 2. The molecule has 0 spiro atoms. The number of benzene rings is 2. The summed E-state index contributed by atoms with van der Waals surface area (Å²) in [6, 6.07) is 12.3. The summed E-state index contributed by atoms with van der Waals surface area (Å²) in [6.45, 7) is 4.20. The van der Waals surface area contributed by atoms with E-state index < -0.39 is 0 Å². The SMILES string of the molecule is Cc1cc2ncnc(Nc3cccc(Br)c3)c2cc1C.O.O. The van der Waals surface area contributed by atoms with Crippen LogP contribution in [-0.4, -0.2) is 20.9 Å². The molecule has 6 heteroatoms. The zero-order valence-corrected chi connectivity index (χ0v) is 13.9. The summed E-state index contributed by atoms with van der Waals surface area (Å²) >= 11 is 3.47. The maximum atomic E-state index is 4.37. The third kappa shape index (κ3) is 3.59. The molecule has 3 rings (SSSR count). The minimum atomic E-state index is 0. The molecule has 0 saturated carbocycles. The van der Waals surface area contributed by atoms with Gasteiger partial charge in [-0.25, -0.2) is 9.97 Å². The first-order chi connectivity index (χ1) is 9.63. The Morgan fingerprint density at radius 2 is 1.68 bits per heavy atom. The van der Waals surface area contributed by atoms with E-state index in [0.717, 1.165) is 26.9 Å². The fourth-order valence-electron chi connectivity index (χ4n) is 2.12. The largest absolute Gasteiger partial charge is 0.412 e. The molecule has 5 N–H and O–H groups in total. The first-order valence-corrected chi connectivity index (χ1v) is 7.17. The molecular formula is C16H18BrN3O2. The summed E-state index contributed by atoms with van der Waals surface area (Å²) in [4.78, 5) is 8.71. The number of halogens is 1. The molecule has 0 fully saturated rings. The molecule has 0 atom stereocenters. The summed E-state index contributed by atoms with van der Waals surface area (Å²) in [6.07, 6.45) is 1.59. The number of aromatic nitrogens is 2. The molecule has 0 unspecified atom stereocenters. The molecule has 0 aliphatic rings. The van der Waals surface area contributed by atoms with E-state index >= 15 is 0 Å². The predicted molar refractivity (Wildman–Crippen MR) is 93.7 cm³/mol. The monoisotopic (exact) mass is 363 g/mol. The highest BCUT2D eigenvalue weighted by molar-refractivity contribution is 9.10. The van der Waals surface area contributed by atoms with Crippen LogP contribution in [0.2, 0.25) is 0 Å². The fraction of sp³-hybridized carbons (Fsp3) is 0.125. The lowest BCUT2D eigenvalue weighted by molar-refractivity contribution is 0.823. The lowest BCUT2D eigenvalue weighted by atomic mass is 10.1. The van der Waals surface area contributed by atoms with Crippen LogP contribution in [0.25, 0.3) is 10.9 Å². The number of nitrogens with one attached hydrogen (secondary N) is 1. The third-order valence-corrected chi connectivity index (χ3v) is 3.83. The standard InChI is InChI=1S/C16H14BrN3.2H2O/c1-10-6-14-15(7-11(10)2)18-9-19-16(14)20-13-5-3-4-12(17)8-13;;/h3-9H,1-2H3,(H,18,19,20);2*1H2. The van der Waals surface area contributed by atoms with Crippen LogP contribution in [0.15, 0.2) is 47.2 Å². The van der Waals surface area contributed by atoms with Crippen molar-refractivity contribution >= 4 is 38.3 Å². The molecule has 0 radical (unpaired) electrons. The van der Waals surface area contributed by atoms with Crippen molar-refractivity contribution in [3.05, 3.63) is 58.3 Å². The summed E-state index contributed by atoms with van der Waals surface area (Å²) in [7, 11) is 0. The Morgan fingerprint density at radius 3 is 2.41 bits per heavy atom. The van der Waals surface area contributed by atoms with Crippen molar-refractivity contribution in [1.82, 2.24) is 9.97 Å². The van der Waals surface area contributed by atoms with Gasteiger partial charge in [0, 0.05) is 15.5 Å². The lowest BCUT2D eigenvalue weighted by Crippen LogP contribution is -1.97. The molecule has 1 heterocycles. The molecule has 22 heavy (non-hydrogen) atoms. The molecule has 0 saturated heterocycles. The average molecular weight is 364 g/mol. The van der Waals surface area contributed by atoms with Crippen molar-refractivity contribution in [3.8, 4) is 0 Å². The van der Waals surface area contributed by atoms with Gasteiger partial charge in [-0.05, 0) is 55.3 Å². The van der Waals surface area contributed by atoms with Crippen LogP contribution in [-0.2, 0) is 0 Å². The van der Waals surface area contributed by atoms with Gasteiger partial charge in [-0.3, -0.25) is 0 Å². The van der Waals surface area contributed by atoms with Gasteiger partial charge in [0.25, 0.3) is 0 Å². The van der Waals surface area contributed by atoms with Crippen LogP contribution in [0.5, 0.6) is 0 Å². The number of hydrogen-bond donors (Lipinski definition) is 1. The quantitative estimate of drug-likeness (QED) is 0.756. The number of hydrogen-bond acceptors (Lipinski definition) is 3. The van der Waals surface area contributed by atoms with Gasteiger partial charge in [0.1, 0.15) is 12.1 Å². The van der Waals surface area contributed by atoms with E-state index in [2.05, 4.69) is 57.2 Å². The van der Waals surface area contributed by atoms with Gasteiger partial charge in [0.05, 0.1) is 5.52 Å². The van der Waals surface area contributed by atoms with Crippen LogP contribution in [0.1, 0.15) is 11.1 Å². The average Bonchev–Trinajstić information content (AvgIpc) is 2.41. The molecule has 2 aromatic carbocycles. The summed E-state index contributed by atoms with van der Waals surface area (Å²) in [5.74, 6) is 0.830. The minimum absolute atomic E-state index is 0. The van der Waals surface area contributed by atoms with Crippen LogP contribution in [0.3, 0.4) is 0 Å². The van der Waals surface area contributed by atoms with Crippen molar-refractivity contribution in [1.29, 1.82) is 0 Å². The topological polar surface area (TPSA) is 101 Å². The van der Waals surface area contributed by atoms with E-state index in [1.807, 2.05) is 24.3 Å². The second-order valence-corrected chi connectivity index (χ2v) is 5.73. The van der Waals surface area contributed by atoms with Crippen molar-refractivity contribution in [3.63, 3.8) is 0 Å².